The van der Waals surface area contributed by atoms with Crippen LogP contribution in [-0.4, -0.2) is 11.4 Å². The van der Waals surface area contributed by atoms with E-state index in [2.05, 4.69) is 0 Å². The summed E-state index contributed by atoms with van der Waals surface area (Å²) in [5, 5.41) is 1.09. The van der Waals surface area contributed by atoms with E-state index >= 15 is 0 Å². The van der Waals surface area contributed by atoms with E-state index in [1.165, 1.54) is 0 Å². The molecule has 0 saturated heterocycles. The standard InChI is InChI=1S/C18H20ClO2P/c1-4-13(3)22(21)16-11-6-5-9-14(16)18(20)17-12(2)8-7-10-15(17)19/h5-11,13,22H,4H2,1-3H3. The van der Waals surface area contributed by atoms with E-state index in [1.807, 2.05) is 39.0 Å². The number of carbonyl (C=O) groups is 1. The molecule has 2 aromatic carbocycles. The highest BCUT2D eigenvalue weighted by Crippen LogP contribution is 2.32. The monoisotopic (exact) mass is 334 g/mol. The molecule has 0 amide bonds. The molecule has 0 saturated carbocycles. The van der Waals surface area contributed by atoms with Crippen molar-refractivity contribution in [2.45, 2.75) is 32.9 Å². The first-order valence-electron chi connectivity index (χ1n) is 7.40. The average molecular weight is 335 g/mol. The third kappa shape index (κ3) is 3.34. The minimum Gasteiger partial charge on any atom is -0.322 e. The normalized spacial score (nSPS) is 13.6. The second kappa shape index (κ2) is 7.26. The predicted octanol–water partition coefficient (Wildman–Crippen LogP) is 4.86. The van der Waals surface area contributed by atoms with Gasteiger partial charge < -0.3 is 4.57 Å². The fourth-order valence-electron chi connectivity index (χ4n) is 2.40. The van der Waals surface area contributed by atoms with E-state index in [-0.39, 0.29) is 11.4 Å². The highest BCUT2D eigenvalue weighted by Gasteiger charge is 2.22. The van der Waals surface area contributed by atoms with Gasteiger partial charge in [0, 0.05) is 22.1 Å². The van der Waals surface area contributed by atoms with Gasteiger partial charge in [-0.1, -0.05) is 61.8 Å². The summed E-state index contributed by atoms with van der Waals surface area (Å²) in [6, 6.07) is 12.6. The fraction of sp³-hybridized carbons (Fsp3) is 0.278. The quantitative estimate of drug-likeness (QED) is 0.578. The maximum atomic E-state index is 12.9. The molecule has 2 unspecified atom stereocenters. The van der Waals surface area contributed by atoms with Gasteiger partial charge in [0.15, 0.2) is 5.78 Å². The molecule has 2 nitrogen and oxygen atoms in total. The molecule has 2 rings (SSSR count). The predicted molar refractivity (Wildman–Crippen MR) is 94.5 cm³/mol. The molecule has 0 heterocycles. The van der Waals surface area contributed by atoms with E-state index in [0.717, 1.165) is 12.0 Å². The summed E-state index contributed by atoms with van der Waals surface area (Å²) < 4.78 is 12.7. The number of halogens is 1. The summed E-state index contributed by atoms with van der Waals surface area (Å²) in [6.07, 6.45) is 0.825. The van der Waals surface area contributed by atoms with Crippen molar-refractivity contribution in [1.29, 1.82) is 0 Å². The largest absolute Gasteiger partial charge is 0.322 e. The first-order valence-corrected chi connectivity index (χ1v) is 9.26. The van der Waals surface area contributed by atoms with E-state index in [9.17, 15) is 9.36 Å². The van der Waals surface area contributed by atoms with Gasteiger partial charge in [0.25, 0.3) is 0 Å². The summed E-state index contributed by atoms with van der Waals surface area (Å²) in [5.41, 5.74) is 1.90. The van der Waals surface area contributed by atoms with Gasteiger partial charge >= 0.3 is 0 Å². The fourth-order valence-corrected chi connectivity index (χ4v) is 4.33. The van der Waals surface area contributed by atoms with Crippen LogP contribution < -0.4 is 5.30 Å². The molecule has 0 aromatic heterocycles. The first kappa shape index (κ1) is 17.0. The maximum Gasteiger partial charge on any atom is 0.195 e. The molecule has 2 atom stereocenters. The van der Waals surface area contributed by atoms with Crippen LogP contribution >= 0.6 is 19.4 Å². The Labute approximate surface area is 137 Å². The van der Waals surface area contributed by atoms with Crippen LogP contribution in [0.15, 0.2) is 42.5 Å². The zero-order valence-corrected chi connectivity index (χ0v) is 14.8. The van der Waals surface area contributed by atoms with Crippen LogP contribution in [0.5, 0.6) is 0 Å². The van der Waals surface area contributed by atoms with Crippen molar-refractivity contribution in [3.63, 3.8) is 0 Å². The Morgan fingerprint density at radius 2 is 1.86 bits per heavy atom. The lowest BCUT2D eigenvalue weighted by Crippen LogP contribution is -2.17. The first-order chi connectivity index (χ1) is 10.5. The molecule has 116 valence electrons. The van der Waals surface area contributed by atoms with Crippen LogP contribution in [0.25, 0.3) is 0 Å². The lowest BCUT2D eigenvalue weighted by atomic mass is 9.99. The van der Waals surface area contributed by atoms with Gasteiger partial charge in [-0.15, -0.1) is 0 Å². The number of hydrogen-bond donors (Lipinski definition) is 0. The summed E-state index contributed by atoms with van der Waals surface area (Å²) in [5.74, 6) is -0.152. The van der Waals surface area contributed by atoms with Gasteiger partial charge in [0.2, 0.25) is 0 Å². The number of carbonyl (C=O) groups excluding carboxylic acids is 1. The Kier molecular flexibility index (Phi) is 5.61. The Hall–Kier alpha value is -1.37. The smallest absolute Gasteiger partial charge is 0.195 e. The lowest BCUT2D eigenvalue weighted by Gasteiger charge is -2.14. The highest BCUT2D eigenvalue weighted by molar-refractivity contribution is 7.54. The number of benzene rings is 2. The molecule has 2 aromatic rings. The van der Waals surface area contributed by atoms with Crippen molar-refractivity contribution in [3.05, 3.63) is 64.2 Å². The highest BCUT2D eigenvalue weighted by atomic mass is 35.5. The summed E-state index contributed by atoms with van der Waals surface area (Å²) in [7, 11) is -2.02. The molecule has 22 heavy (non-hydrogen) atoms. The number of ketones is 1. The number of aryl methyl sites for hydroxylation is 1. The van der Waals surface area contributed by atoms with Crippen LogP contribution in [0.2, 0.25) is 5.02 Å². The van der Waals surface area contributed by atoms with Crippen molar-refractivity contribution >= 4 is 30.5 Å². The van der Waals surface area contributed by atoms with E-state index in [1.54, 1.807) is 24.3 Å². The van der Waals surface area contributed by atoms with E-state index in [0.29, 0.717) is 21.5 Å². The Morgan fingerprint density at radius 1 is 1.18 bits per heavy atom. The SMILES string of the molecule is CCC(C)[PH](=O)c1ccccc1C(=O)c1c(C)cccc1Cl. The number of rotatable bonds is 5. The van der Waals surface area contributed by atoms with Crippen LogP contribution in [0.3, 0.4) is 0 Å². The summed E-state index contributed by atoms with van der Waals surface area (Å²) >= 11 is 6.21. The van der Waals surface area contributed by atoms with Crippen molar-refractivity contribution < 1.29 is 9.36 Å². The zero-order chi connectivity index (χ0) is 16.3. The number of hydrogen-bond acceptors (Lipinski definition) is 2. The van der Waals surface area contributed by atoms with Crippen molar-refractivity contribution in [1.82, 2.24) is 0 Å². The zero-order valence-electron chi connectivity index (χ0n) is 13.0. The van der Waals surface area contributed by atoms with Gasteiger partial charge in [0.1, 0.15) is 7.80 Å². The molecule has 0 radical (unpaired) electrons. The van der Waals surface area contributed by atoms with Gasteiger partial charge in [-0.3, -0.25) is 4.79 Å². The maximum absolute atomic E-state index is 12.9. The topological polar surface area (TPSA) is 34.1 Å². The molecule has 0 aliphatic carbocycles. The molecule has 0 aliphatic rings. The lowest BCUT2D eigenvalue weighted by molar-refractivity contribution is 0.103. The van der Waals surface area contributed by atoms with Crippen molar-refractivity contribution in [2.75, 3.05) is 0 Å². The molecular formula is C18H20ClO2P. The summed E-state index contributed by atoms with van der Waals surface area (Å²) in [4.78, 5) is 12.9. The van der Waals surface area contributed by atoms with Crippen LogP contribution in [0.4, 0.5) is 0 Å². The van der Waals surface area contributed by atoms with Gasteiger partial charge in [0.05, 0.1) is 5.02 Å². The second-order valence-electron chi connectivity index (χ2n) is 5.48. The summed E-state index contributed by atoms with van der Waals surface area (Å²) in [6.45, 7) is 5.83. The molecule has 0 aliphatic heterocycles. The Bertz CT molecular complexity index is 705. The second-order valence-corrected chi connectivity index (χ2v) is 8.14. The molecule has 0 N–H and O–H groups in total. The van der Waals surface area contributed by atoms with E-state index < -0.39 is 7.80 Å². The Balaban J connectivity index is 2.54. The molecule has 4 heteroatoms. The molecule has 0 fully saturated rings. The third-order valence-electron chi connectivity index (χ3n) is 3.95. The van der Waals surface area contributed by atoms with E-state index in [4.69, 9.17) is 11.6 Å². The van der Waals surface area contributed by atoms with Crippen LogP contribution in [0, 0.1) is 6.92 Å². The van der Waals surface area contributed by atoms with Gasteiger partial charge in [-0.25, -0.2) is 0 Å². The molecular weight excluding hydrogens is 315 g/mol. The third-order valence-corrected chi connectivity index (χ3v) is 6.53. The van der Waals surface area contributed by atoms with Crippen LogP contribution in [0.1, 0.15) is 41.8 Å². The molecule has 0 spiro atoms. The minimum atomic E-state index is -2.02. The Morgan fingerprint density at radius 3 is 2.50 bits per heavy atom. The van der Waals surface area contributed by atoms with Crippen LogP contribution in [-0.2, 0) is 4.57 Å². The van der Waals surface area contributed by atoms with Crippen molar-refractivity contribution in [3.8, 4) is 0 Å². The van der Waals surface area contributed by atoms with Gasteiger partial charge in [-0.2, -0.15) is 0 Å². The minimum absolute atomic E-state index is 0.0753. The average Bonchev–Trinajstić information content (AvgIpc) is 2.53. The van der Waals surface area contributed by atoms with Gasteiger partial charge in [-0.05, 0) is 25.0 Å². The van der Waals surface area contributed by atoms with Crippen molar-refractivity contribution in [2.24, 2.45) is 0 Å². The molecule has 0 bridgehead atoms.